The van der Waals surface area contributed by atoms with Crippen molar-refractivity contribution in [1.82, 2.24) is 4.98 Å². The fourth-order valence-corrected chi connectivity index (χ4v) is 8.02. The molecule has 2 aliphatic rings. The number of carbonyl (C=O) groups excluding carboxylic acids is 4. The van der Waals surface area contributed by atoms with Crippen molar-refractivity contribution in [2.24, 2.45) is 5.92 Å². The van der Waals surface area contributed by atoms with Crippen LogP contribution in [0, 0.1) is 5.92 Å². The zero-order valence-corrected chi connectivity index (χ0v) is 26.3. The number of aromatic amines is 1. The molecule has 2 aliphatic heterocycles. The van der Waals surface area contributed by atoms with Crippen LogP contribution in [0.2, 0.25) is 0 Å². The van der Waals surface area contributed by atoms with Crippen LogP contribution in [0.25, 0.3) is 0 Å². The molecule has 224 valence electrons. The molecule has 2 unspecified atom stereocenters. The normalized spacial score (nSPS) is 18.9. The van der Waals surface area contributed by atoms with E-state index in [1.807, 2.05) is 0 Å². The number of hydrogen-bond acceptors (Lipinski definition) is 9. The fourth-order valence-electron chi connectivity index (χ4n) is 5.24. The van der Waals surface area contributed by atoms with E-state index >= 15 is 0 Å². The number of ether oxygens (including phenoxy) is 2. The quantitative estimate of drug-likeness (QED) is 0.190. The van der Waals surface area contributed by atoms with Crippen molar-refractivity contribution in [3.63, 3.8) is 0 Å². The number of aromatic nitrogens is 1. The van der Waals surface area contributed by atoms with E-state index in [0.717, 1.165) is 21.4 Å². The molecule has 0 bridgehead atoms. The molecule has 6 rings (SSSR count). The molecular formula is C31H24BrN3O7S2. The molecule has 4 aromatic rings. The number of thiazole rings is 1. The topological polar surface area (TPSA) is 135 Å². The Hall–Kier alpha value is -4.20. The Kier molecular flexibility index (Phi) is 8.43. The molecule has 3 amide bonds. The first kappa shape index (κ1) is 29.9. The highest BCUT2D eigenvalue weighted by atomic mass is 79.9. The summed E-state index contributed by atoms with van der Waals surface area (Å²) < 4.78 is 11.5. The summed E-state index contributed by atoms with van der Waals surface area (Å²) in [5.41, 5.74) is 2.12. The van der Waals surface area contributed by atoms with E-state index < -0.39 is 29.0 Å². The highest BCUT2D eigenvalue weighted by Crippen LogP contribution is 2.53. The second-order valence-corrected chi connectivity index (χ2v) is 13.0. The number of benzene rings is 3. The van der Waals surface area contributed by atoms with Gasteiger partial charge < -0.3 is 19.8 Å². The summed E-state index contributed by atoms with van der Waals surface area (Å²) in [5.74, 6) is -2.27. The molecule has 0 saturated carbocycles. The van der Waals surface area contributed by atoms with Gasteiger partial charge in [-0.25, -0.2) is 9.69 Å². The molecule has 1 fully saturated rings. The first-order chi connectivity index (χ1) is 21.2. The van der Waals surface area contributed by atoms with Crippen LogP contribution in [-0.4, -0.2) is 47.1 Å². The fraction of sp³-hybridized carbons (Fsp3) is 0.194. The Bertz CT molecular complexity index is 1800. The summed E-state index contributed by atoms with van der Waals surface area (Å²) >= 11 is 5.65. The van der Waals surface area contributed by atoms with E-state index in [0.29, 0.717) is 32.6 Å². The molecule has 1 saturated heterocycles. The zero-order chi connectivity index (χ0) is 31.0. The number of thioether (sulfide) groups is 1. The summed E-state index contributed by atoms with van der Waals surface area (Å²) in [6.07, 6.45) is 0. The minimum absolute atomic E-state index is 0.251. The molecule has 3 atom stereocenters. The number of carbonyl (C=O) groups is 4. The van der Waals surface area contributed by atoms with Gasteiger partial charge in [0, 0.05) is 21.0 Å². The maximum Gasteiger partial charge on any atom is 0.338 e. The van der Waals surface area contributed by atoms with Gasteiger partial charge in [-0.05, 0) is 73.2 Å². The van der Waals surface area contributed by atoms with Crippen LogP contribution in [0.5, 0.6) is 5.75 Å². The smallest absolute Gasteiger partial charge is 0.338 e. The van der Waals surface area contributed by atoms with Gasteiger partial charge in [0.15, 0.2) is 6.61 Å². The number of H-pyrrole nitrogens is 1. The lowest BCUT2D eigenvalue weighted by Crippen LogP contribution is -2.32. The number of nitrogens with one attached hydrogen (secondary N) is 2. The molecule has 1 aromatic heterocycles. The van der Waals surface area contributed by atoms with Crippen LogP contribution in [0.4, 0.5) is 11.4 Å². The number of amides is 3. The summed E-state index contributed by atoms with van der Waals surface area (Å²) in [7, 11) is 0. The van der Waals surface area contributed by atoms with Crippen molar-refractivity contribution in [3.8, 4) is 5.75 Å². The van der Waals surface area contributed by atoms with E-state index in [1.165, 1.54) is 16.7 Å². The summed E-state index contributed by atoms with van der Waals surface area (Å²) in [5, 5.41) is 2.62. The highest BCUT2D eigenvalue weighted by molar-refractivity contribution is 9.10. The molecule has 0 spiro atoms. The first-order valence-corrected chi connectivity index (χ1v) is 16.0. The minimum atomic E-state index is -0.706. The Morgan fingerprint density at radius 3 is 2.34 bits per heavy atom. The lowest BCUT2D eigenvalue weighted by atomic mass is 9.83. The molecule has 0 radical (unpaired) electrons. The van der Waals surface area contributed by atoms with Crippen LogP contribution in [0.1, 0.15) is 33.6 Å². The third-order valence-corrected chi connectivity index (χ3v) is 10.1. The van der Waals surface area contributed by atoms with Gasteiger partial charge in [0.25, 0.3) is 5.91 Å². The van der Waals surface area contributed by atoms with Gasteiger partial charge in [-0.1, -0.05) is 51.2 Å². The largest absolute Gasteiger partial charge is 0.484 e. The first-order valence-electron chi connectivity index (χ1n) is 13.6. The summed E-state index contributed by atoms with van der Waals surface area (Å²) in [4.78, 5) is 68.5. The van der Waals surface area contributed by atoms with Gasteiger partial charge in [-0.3, -0.25) is 19.2 Å². The molecule has 13 heteroatoms. The van der Waals surface area contributed by atoms with Crippen molar-refractivity contribution in [1.29, 1.82) is 0 Å². The second-order valence-electron chi connectivity index (χ2n) is 9.94. The van der Waals surface area contributed by atoms with Crippen LogP contribution >= 0.6 is 39.0 Å². The van der Waals surface area contributed by atoms with E-state index in [1.54, 1.807) is 79.7 Å². The third-order valence-electron chi connectivity index (χ3n) is 7.20. The van der Waals surface area contributed by atoms with Crippen molar-refractivity contribution < 1.29 is 28.7 Å². The lowest BCUT2D eigenvalue weighted by molar-refractivity contribution is -0.122. The molecule has 0 aliphatic carbocycles. The van der Waals surface area contributed by atoms with E-state index in [2.05, 4.69) is 26.2 Å². The monoisotopic (exact) mass is 693 g/mol. The Morgan fingerprint density at radius 1 is 0.955 bits per heavy atom. The molecule has 3 heterocycles. The van der Waals surface area contributed by atoms with Crippen LogP contribution < -0.4 is 19.8 Å². The van der Waals surface area contributed by atoms with Crippen molar-refractivity contribution in [3.05, 3.63) is 103 Å². The SMILES string of the molecule is CCOC(=O)c1ccc(NC(=O)COc2ccc([C@H]3c4sc(=O)[nH]c4SC4C(=O)N(c5ccc(Br)cc5)C(=O)C43)cc2)cc1. The molecular weight excluding hydrogens is 670 g/mol. The second kappa shape index (κ2) is 12.4. The Balaban J connectivity index is 1.17. The van der Waals surface area contributed by atoms with E-state index in [-0.39, 0.29) is 29.9 Å². The Morgan fingerprint density at radius 2 is 1.66 bits per heavy atom. The number of fused-ring (bicyclic) bond motifs is 2. The summed E-state index contributed by atoms with van der Waals surface area (Å²) in [6.45, 7) is 1.74. The van der Waals surface area contributed by atoms with Crippen LogP contribution in [0.3, 0.4) is 0 Å². The van der Waals surface area contributed by atoms with E-state index in [9.17, 15) is 24.0 Å². The average molecular weight is 695 g/mol. The number of nitrogens with zero attached hydrogens (tertiary/aromatic N) is 1. The predicted octanol–water partition coefficient (Wildman–Crippen LogP) is 5.19. The van der Waals surface area contributed by atoms with Gasteiger partial charge >= 0.3 is 10.8 Å². The maximum atomic E-state index is 13.8. The van der Waals surface area contributed by atoms with Gasteiger partial charge in [0.2, 0.25) is 11.8 Å². The zero-order valence-electron chi connectivity index (χ0n) is 23.1. The van der Waals surface area contributed by atoms with E-state index in [4.69, 9.17) is 9.47 Å². The van der Waals surface area contributed by atoms with Crippen LogP contribution in [-0.2, 0) is 19.1 Å². The third kappa shape index (κ3) is 5.82. The number of halogens is 1. The van der Waals surface area contributed by atoms with Gasteiger partial charge in [0.1, 0.15) is 11.0 Å². The predicted molar refractivity (Wildman–Crippen MR) is 170 cm³/mol. The van der Waals surface area contributed by atoms with Crippen molar-refractivity contribution in [2.75, 3.05) is 23.4 Å². The number of imide groups is 1. The van der Waals surface area contributed by atoms with Gasteiger partial charge in [0.05, 0.1) is 28.8 Å². The number of hydrogen-bond donors (Lipinski definition) is 2. The number of anilines is 2. The van der Waals surface area contributed by atoms with Gasteiger partial charge in [-0.2, -0.15) is 0 Å². The Labute approximate surface area is 267 Å². The maximum absolute atomic E-state index is 13.8. The lowest BCUT2D eigenvalue weighted by Gasteiger charge is -2.29. The van der Waals surface area contributed by atoms with Crippen molar-refractivity contribution >= 4 is 74.1 Å². The minimum Gasteiger partial charge on any atom is -0.484 e. The molecule has 10 nitrogen and oxygen atoms in total. The van der Waals surface area contributed by atoms with Gasteiger partial charge in [-0.15, -0.1) is 0 Å². The molecule has 2 N–H and O–H groups in total. The highest BCUT2D eigenvalue weighted by Gasteiger charge is 2.56. The summed E-state index contributed by atoms with van der Waals surface area (Å²) in [6, 6.07) is 20.3. The van der Waals surface area contributed by atoms with Crippen molar-refractivity contribution in [2.45, 2.75) is 23.1 Å². The van der Waals surface area contributed by atoms with Crippen LogP contribution in [0.15, 0.2) is 87.1 Å². The molecule has 44 heavy (non-hydrogen) atoms. The average Bonchev–Trinajstić information content (AvgIpc) is 3.51. The number of esters is 1. The standard InChI is InChI=1S/C31H24BrN3O7S2/c1-2-41-30(39)17-3-9-19(10-4-17)33-22(36)15-42-21-13-5-16(6-14-21)23-24-26(43-27-25(23)44-31(40)34-27)29(38)35(28(24)37)20-11-7-18(32)8-12-20/h3-14,23-24,26H,2,15H2,1H3,(H,33,36)(H,34,40)/t23-,24?,26?/m1/s1. The molecule has 3 aromatic carbocycles. The number of rotatable bonds is 8.